The van der Waals surface area contributed by atoms with E-state index in [1.165, 1.54) is 5.56 Å². The van der Waals surface area contributed by atoms with Gasteiger partial charge in [-0.2, -0.15) is 0 Å². The molecule has 1 unspecified atom stereocenters. The third-order valence-corrected chi connectivity index (χ3v) is 4.93. The minimum absolute atomic E-state index is 0.402. The van der Waals surface area contributed by atoms with Crippen molar-refractivity contribution in [2.45, 2.75) is 19.5 Å². The van der Waals surface area contributed by atoms with Crippen LogP contribution in [0.1, 0.15) is 12.5 Å². The minimum atomic E-state index is 0.402. The molecule has 1 aliphatic rings. The van der Waals surface area contributed by atoms with Crippen molar-refractivity contribution in [3.8, 4) is 5.88 Å². The fourth-order valence-corrected chi connectivity index (χ4v) is 3.45. The Balaban J connectivity index is 1.47. The number of fused-ring (bicyclic) bond motifs is 1. The number of aryl methyl sites for hydroxylation is 1. The molecule has 0 radical (unpaired) electrons. The molecule has 0 amide bonds. The Bertz CT molecular complexity index is 892. The number of imidazole rings is 1. The van der Waals surface area contributed by atoms with Crippen LogP contribution in [-0.2, 0) is 13.6 Å². The molecule has 3 aromatic rings. The Hall–Kier alpha value is -2.74. The Labute approximate surface area is 152 Å². The van der Waals surface area contributed by atoms with Gasteiger partial charge in [-0.05, 0) is 12.5 Å². The Morgan fingerprint density at radius 1 is 1.15 bits per heavy atom. The van der Waals surface area contributed by atoms with Crippen LogP contribution in [0.5, 0.6) is 5.88 Å². The van der Waals surface area contributed by atoms with E-state index in [9.17, 15) is 0 Å². The molecule has 1 fully saturated rings. The number of ether oxygens (including phenoxy) is 1. The fourth-order valence-electron chi connectivity index (χ4n) is 3.45. The van der Waals surface area contributed by atoms with Crippen LogP contribution >= 0.6 is 0 Å². The zero-order chi connectivity index (χ0) is 18.1. The van der Waals surface area contributed by atoms with Crippen molar-refractivity contribution in [3.63, 3.8) is 0 Å². The molecule has 136 valence electrons. The van der Waals surface area contributed by atoms with E-state index in [4.69, 9.17) is 4.74 Å². The maximum Gasteiger partial charge on any atom is 0.212 e. The van der Waals surface area contributed by atoms with E-state index in [1.54, 1.807) is 19.8 Å². The molecule has 4 heterocycles. The van der Waals surface area contributed by atoms with E-state index in [0.717, 1.165) is 43.2 Å². The van der Waals surface area contributed by atoms with Gasteiger partial charge >= 0.3 is 0 Å². The van der Waals surface area contributed by atoms with Crippen LogP contribution in [0.15, 0.2) is 31.0 Å². The zero-order valence-electron chi connectivity index (χ0n) is 15.3. The number of methoxy groups -OCH3 is 1. The lowest BCUT2D eigenvalue weighted by Crippen LogP contribution is -2.51. The summed E-state index contributed by atoms with van der Waals surface area (Å²) in [5.74, 6) is 1.57. The van der Waals surface area contributed by atoms with Gasteiger partial charge in [0.05, 0.1) is 13.4 Å². The van der Waals surface area contributed by atoms with E-state index >= 15 is 0 Å². The number of hydrogen-bond acceptors (Lipinski definition) is 7. The van der Waals surface area contributed by atoms with Crippen LogP contribution in [0, 0.1) is 0 Å². The topological polar surface area (TPSA) is 72.2 Å². The van der Waals surface area contributed by atoms with Crippen LogP contribution in [0.4, 0.5) is 5.82 Å². The number of piperazine rings is 1. The molecule has 0 aromatic carbocycles. The second-order valence-corrected chi connectivity index (χ2v) is 6.70. The van der Waals surface area contributed by atoms with Gasteiger partial charge in [-0.25, -0.2) is 19.9 Å². The average Bonchev–Trinajstić information content (AvgIpc) is 3.05. The first-order chi connectivity index (χ1) is 12.7. The van der Waals surface area contributed by atoms with Crippen molar-refractivity contribution in [3.05, 3.63) is 36.5 Å². The van der Waals surface area contributed by atoms with Gasteiger partial charge in [0.2, 0.25) is 5.88 Å². The lowest BCUT2D eigenvalue weighted by molar-refractivity contribution is 0.180. The first-order valence-corrected chi connectivity index (χ1v) is 8.75. The van der Waals surface area contributed by atoms with Crippen molar-refractivity contribution in [1.29, 1.82) is 0 Å². The summed E-state index contributed by atoms with van der Waals surface area (Å²) in [5, 5.41) is 0. The van der Waals surface area contributed by atoms with Gasteiger partial charge in [0, 0.05) is 51.5 Å². The number of nitrogens with zero attached hydrogens (tertiary/aromatic N) is 7. The van der Waals surface area contributed by atoms with Gasteiger partial charge in [-0.3, -0.25) is 4.90 Å². The van der Waals surface area contributed by atoms with Crippen molar-refractivity contribution < 1.29 is 4.74 Å². The third kappa shape index (κ3) is 3.08. The normalized spacial score (nSPS) is 18.4. The molecular weight excluding hydrogens is 330 g/mol. The molecule has 3 aromatic heterocycles. The highest BCUT2D eigenvalue weighted by molar-refractivity contribution is 5.83. The summed E-state index contributed by atoms with van der Waals surface area (Å²) in [5.41, 5.74) is 2.93. The smallest absolute Gasteiger partial charge is 0.212 e. The van der Waals surface area contributed by atoms with Crippen molar-refractivity contribution in [1.82, 2.24) is 29.4 Å². The molecular formula is C18H23N7O. The summed E-state index contributed by atoms with van der Waals surface area (Å²) in [6, 6.07) is 4.39. The molecule has 8 heteroatoms. The number of rotatable bonds is 4. The SMILES string of the molecule is COc1ccc(CN2CCN(c3ncnc4c3ncn4C)CC2C)cn1. The summed E-state index contributed by atoms with van der Waals surface area (Å²) in [6.45, 7) is 5.92. The summed E-state index contributed by atoms with van der Waals surface area (Å²) in [6.07, 6.45) is 5.30. The highest BCUT2D eigenvalue weighted by Crippen LogP contribution is 2.24. The quantitative estimate of drug-likeness (QED) is 0.703. The molecule has 8 nitrogen and oxygen atoms in total. The molecule has 4 rings (SSSR count). The van der Waals surface area contributed by atoms with E-state index in [0.29, 0.717) is 11.9 Å². The zero-order valence-corrected chi connectivity index (χ0v) is 15.3. The lowest BCUT2D eigenvalue weighted by Gasteiger charge is -2.40. The standard InChI is InChI=1S/C18H23N7O/c1-13-9-25(18-16-17(20-11-21-18)23(2)12-22-16)7-6-24(13)10-14-4-5-15(26-3)19-8-14/h4-5,8,11-13H,6-7,9-10H2,1-3H3. The van der Waals surface area contributed by atoms with E-state index in [2.05, 4.69) is 42.7 Å². The molecule has 0 aliphatic carbocycles. The van der Waals surface area contributed by atoms with Gasteiger partial charge in [0.15, 0.2) is 17.0 Å². The van der Waals surface area contributed by atoms with E-state index < -0.39 is 0 Å². The Morgan fingerprint density at radius 3 is 2.77 bits per heavy atom. The second kappa shape index (κ2) is 6.87. The number of anilines is 1. The molecule has 0 N–H and O–H groups in total. The van der Waals surface area contributed by atoms with Gasteiger partial charge in [-0.15, -0.1) is 0 Å². The minimum Gasteiger partial charge on any atom is -0.481 e. The summed E-state index contributed by atoms with van der Waals surface area (Å²) in [7, 11) is 3.59. The highest BCUT2D eigenvalue weighted by atomic mass is 16.5. The first kappa shape index (κ1) is 16.7. The number of pyridine rings is 1. The van der Waals surface area contributed by atoms with E-state index in [-0.39, 0.29) is 0 Å². The van der Waals surface area contributed by atoms with Crippen LogP contribution in [0.3, 0.4) is 0 Å². The predicted octanol–water partition coefficient (Wildman–Crippen LogP) is 1.48. The summed E-state index contributed by atoms with van der Waals surface area (Å²) >= 11 is 0. The van der Waals surface area contributed by atoms with Gasteiger partial charge < -0.3 is 14.2 Å². The van der Waals surface area contributed by atoms with Gasteiger partial charge in [0.1, 0.15) is 6.33 Å². The molecule has 0 spiro atoms. The van der Waals surface area contributed by atoms with Crippen molar-refractivity contribution >= 4 is 17.0 Å². The highest BCUT2D eigenvalue weighted by Gasteiger charge is 2.26. The molecule has 1 atom stereocenters. The second-order valence-electron chi connectivity index (χ2n) is 6.70. The predicted molar refractivity (Wildman–Crippen MR) is 99.2 cm³/mol. The van der Waals surface area contributed by atoms with Crippen LogP contribution in [-0.4, -0.2) is 62.2 Å². The van der Waals surface area contributed by atoms with Crippen molar-refractivity contribution in [2.24, 2.45) is 7.05 Å². The molecule has 0 saturated carbocycles. The third-order valence-electron chi connectivity index (χ3n) is 4.93. The van der Waals surface area contributed by atoms with Crippen LogP contribution in [0.2, 0.25) is 0 Å². The first-order valence-electron chi connectivity index (χ1n) is 8.75. The van der Waals surface area contributed by atoms with Gasteiger partial charge in [0.25, 0.3) is 0 Å². The lowest BCUT2D eigenvalue weighted by atomic mass is 10.1. The molecule has 1 aliphatic heterocycles. The fraction of sp³-hybridized carbons (Fsp3) is 0.444. The largest absolute Gasteiger partial charge is 0.481 e. The molecule has 1 saturated heterocycles. The maximum atomic E-state index is 5.13. The molecule has 0 bridgehead atoms. The number of aromatic nitrogens is 5. The van der Waals surface area contributed by atoms with E-state index in [1.807, 2.05) is 23.9 Å². The van der Waals surface area contributed by atoms with Crippen LogP contribution in [0.25, 0.3) is 11.2 Å². The maximum absolute atomic E-state index is 5.13. The Morgan fingerprint density at radius 2 is 2.04 bits per heavy atom. The average molecular weight is 353 g/mol. The Kier molecular flexibility index (Phi) is 4.42. The van der Waals surface area contributed by atoms with Crippen molar-refractivity contribution in [2.75, 3.05) is 31.6 Å². The van der Waals surface area contributed by atoms with Gasteiger partial charge in [-0.1, -0.05) is 6.07 Å². The van der Waals surface area contributed by atoms with Crippen LogP contribution < -0.4 is 9.64 Å². The summed E-state index contributed by atoms with van der Waals surface area (Å²) in [4.78, 5) is 22.4. The monoisotopic (exact) mass is 353 g/mol. The summed E-state index contributed by atoms with van der Waals surface area (Å²) < 4.78 is 7.06. The number of hydrogen-bond donors (Lipinski definition) is 0. The molecule has 26 heavy (non-hydrogen) atoms.